The summed E-state index contributed by atoms with van der Waals surface area (Å²) in [6, 6.07) is 1.66. The summed E-state index contributed by atoms with van der Waals surface area (Å²) in [5.74, 6) is -0.380. The minimum absolute atomic E-state index is 0.112. The quantitative estimate of drug-likeness (QED) is 0.799. The monoisotopic (exact) mass is 205 g/mol. The Morgan fingerprint density at radius 2 is 2.33 bits per heavy atom. The number of pyridine rings is 1. The van der Waals surface area contributed by atoms with Crippen molar-refractivity contribution >= 4 is 5.97 Å². The zero-order chi connectivity index (χ0) is 10.4. The lowest BCUT2D eigenvalue weighted by molar-refractivity contribution is 0.0506. The van der Waals surface area contributed by atoms with E-state index in [2.05, 4.69) is 4.98 Å². The minimum atomic E-state index is -0.973. The van der Waals surface area contributed by atoms with Crippen LogP contribution in [0.4, 0.5) is 0 Å². The van der Waals surface area contributed by atoms with Crippen LogP contribution in [0.15, 0.2) is 12.3 Å². The Hall–Kier alpha value is -1.42. The highest BCUT2D eigenvalue weighted by Gasteiger charge is 2.38. The van der Waals surface area contributed by atoms with Gasteiger partial charge in [-0.15, -0.1) is 0 Å². The van der Waals surface area contributed by atoms with Crippen molar-refractivity contribution in [3.63, 3.8) is 0 Å². The van der Waals surface area contributed by atoms with Crippen molar-refractivity contribution < 1.29 is 14.6 Å². The van der Waals surface area contributed by atoms with E-state index < -0.39 is 5.97 Å². The first-order chi connectivity index (χ1) is 7.25. The van der Waals surface area contributed by atoms with Crippen LogP contribution in [0.2, 0.25) is 0 Å². The summed E-state index contributed by atoms with van der Waals surface area (Å²) in [6.45, 7) is 0.573. The van der Waals surface area contributed by atoms with E-state index >= 15 is 0 Å². The molecule has 0 amide bonds. The van der Waals surface area contributed by atoms with Crippen LogP contribution < -0.4 is 0 Å². The summed E-state index contributed by atoms with van der Waals surface area (Å²) in [4.78, 5) is 14.7. The van der Waals surface area contributed by atoms with Gasteiger partial charge in [0.05, 0.1) is 12.7 Å². The molecule has 1 aliphatic carbocycles. The maximum absolute atomic E-state index is 10.8. The third kappa shape index (κ3) is 1.41. The average Bonchev–Trinajstić information content (AvgIpc) is 2.98. The van der Waals surface area contributed by atoms with Crippen LogP contribution in [0, 0.1) is 5.92 Å². The zero-order valence-corrected chi connectivity index (χ0v) is 8.14. The van der Waals surface area contributed by atoms with Gasteiger partial charge >= 0.3 is 5.97 Å². The molecule has 0 aromatic carbocycles. The molecule has 78 valence electrons. The van der Waals surface area contributed by atoms with Crippen molar-refractivity contribution in [3.05, 3.63) is 29.1 Å². The van der Waals surface area contributed by atoms with Crippen molar-refractivity contribution in [1.29, 1.82) is 0 Å². The number of hydrogen-bond acceptors (Lipinski definition) is 3. The summed E-state index contributed by atoms with van der Waals surface area (Å²) < 4.78 is 5.65. The summed E-state index contributed by atoms with van der Waals surface area (Å²) >= 11 is 0. The molecule has 0 saturated heterocycles. The highest BCUT2D eigenvalue weighted by atomic mass is 16.5. The number of carboxylic acids is 1. The van der Waals surface area contributed by atoms with Crippen molar-refractivity contribution in [2.75, 3.05) is 0 Å². The van der Waals surface area contributed by atoms with Gasteiger partial charge in [0, 0.05) is 11.8 Å². The molecule has 1 aliphatic heterocycles. The van der Waals surface area contributed by atoms with Crippen LogP contribution in [-0.2, 0) is 11.3 Å². The van der Waals surface area contributed by atoms with Crippen LogP contribution in [0.25, 0.3) is 0 Å². The summed E-state index contributed by atoms with van der Waals surface area (Å²) in [7, 11) is 0. The van der Waals surface area contributed by atoms with E-state index in [1.165, 1.54) is 12.8 Å². The summed E-state index contributed by atoms with van der Waals surface area (Å²) in [5.41, 5.74) is 2.19. The molecule has 1 saturated carbocycles. The fourth-order valence-electron chi connectivity index (χ4n) is 2.06. The number of aromatic nitrogens is 1. The van der Waals surface area contributed by atoms with Crippen LogP contribution in [0.5, 0.6) is 0 Å². The topological polar surface area (TPSA) is 59.4 Å². The Labute approximate surface area is 86.9 Å². The van der Waals surface area contributed by atoms with Gasteiger partial charge in [-0.3, -0.25) is 0 Å². The number of fused-ring (bicyclic) bond motifs is 1. The fraction of sp³-hybridized carbons (Fsp3) is 0.455. The van der Waals surface area contributed by atoms with E-state index in [9.17, 15) is 4.79 Å². The summed E-state index contributed by atoms with van der Waals surface area (Å²) in [6.07, 6.45) is 4.12. The Balaban J connectivity index is 2.01. The van der Waals surface area contributed by atoms with E-state index in [4.69, 9.17) is 9.84 Å². The molecule has 1 aromatic heterocycles. The van der Waals surface area contributed by atoms with E-state index in [-0.39, 0.29) is 11.8 Å². The predicted molar refractivity (Wildman–Crippen MR) is 51.5 cm³/mol. The normalized spacial score (nSPS) is 23.9. The molecule has 0 radical (unpaired) electrons. The first-order valence-electron chi connectivity index (χ1n) is 5.09. The number of ether oxygens (including phenoxy) is 1. The van der Waals surface area contributed by atoms with Gasteiger partial charge in [-0.25, -0.2) is 9.78 Å². The third-order valence-electron chi connectivity index (χ3n) is 3.02. The smallest absolute Gasteiger partial charge is 0.354 e. The Kier molecular flexibility index (Phi) is 1.79. The second kappa shape index (κ2) is 3.03. The molecule has 0 bridgehead atoms. The van der Waals surface area contributed by atoms with Crippen molar-refractivity contribution in [2.45, 2.75) is 25.6 Å². The maximum Gasteiger partial charge on any atom is 0.354 e. The lowest BCUT2D eigenvalue weighted by Gasteiger charge is -2.08. The molecule has 1 atom stereocenters. The van der Waals surface area contributed by atoms with E-state index in [1.54, 1.807) is 12.3 Å². The van der Waals surface area contributed by atoms with Crippen molar-refractivity contribution in [1.82, 2.24) is 4.98 Å². The summed E-state index contributed by atoms with van der Waals surface area (Å²) in [5, 5.41) is 8.85. The fourth-order valence-corrected chi connectivity index (χ4v) is 2.06. The van der Waals surface area contributed by atoms with Gasteiger partial charge in [-0.1, -0.05) is 0 Å². The zero-order valence-electron chi connectivity index (χ0n) is 8.14. The Morgan fingerprint density at radius 3 is 3.00 bits per heavy atom. The van der Waals surface area contributed by atoms with Gasteiger partial charge < -0.3 is 9.84 Å². The second-order valence-corrected chi connectivity index (χ2v) is 4.14. The SMILES string of the molecule is O=C(O)c1cc2c(cn1)COC2C1CC1. The van der Waals surface area contributed by atoms with Crippen molar-refractivity contribution in [3.8, 4) is 0 Å². The molecule has 1 fully saturated rings. The van der Waals surface area contributed by atoms with Gasteiger partial charge in [0.1, 0.15) is 5.69 Å². The largest absolute Gasteiger partial charge is 0.477 e. The molecule has 4 heteroatoms. The molecular weight excluding hydrogens is 194 g/mol. The number of aromatic carboxylic acids is 1. The Morgan fingerprint density at radius 1 is 1.53 bits per heavy atom. The molecule has 15 heavy (non-hydrogen) atoms. The number of nitrogens with zero attached hydrogens (tertiary/aromatic N) is 1. The lowest BCUT2D eigenvalue weighted by atomic mass is 10.0. The lowest BCUT2D eigenvalue weighted by Crippen LogP contribution is -2.04. The number of hydrogen-bond donors (Lipinski definition) is 1. The van der Waals surface area contributed by atoms with Crippen LogP contribution >= 0.6 is 0 Å². The maximum atomic E-state index is 10.8. The van der Waals surface area contributed by atoms with Gasteiger partial charge in [0.15, 0.2) is 0 Å². The Bertz CT molecular complexity index is 426. The van der Waals surface area contributed by atoms with Crippen molar-refractivity contribution in [2.24, 2.45) is 5.92 Å². The molecule has 3 rings (SSSR count). The highest BCUT2D eigenvalue weighted by molar-refractivity contribution is 5.85. The molecule has 1 N–H and O–H groups in total. The number of carboxylic acid groups (broad SMARTS) is 1. The van der Waals surface area contributed by atoms with Gasteiger partial charge in [0.2, 0.25) is 0 Å². The first kappa shape index (κ1) is 8.85. The highest BCUT2D eigenvalue weighted by Crippen LogP contribution is 2.47. The predicted octanol–water partition coefficient (Wildman–Crippen LogP) is 1.76. The average molecular weight is 205 g/mol. The van der Waals surface area contributed by atoms with Gasteiger partial charge in [0.25, 0.3) is 0 Å². The molecule has 2 aliphatic rings. The first-order valence-corrected chi connectivity index (χ1v) is 5.09. The molecule has 1 unspecified atom stereocenters. The third-order valence-corrected chi connectivity index (χ3v) is 3.02. The van der Waals surface area contributed by atoms with Gasteiger partial charge in [-0.05, 0) is 30.4 Å². The van der Waals surface area contributed by atoms with E-state index in [0.29, 0.717) is 12.5 Å². The molecular formula is C11H11NO3. The molecule has 1 aromatic rings. The standard InChI is InChI=1S/C11H11NO3/c13-11(14)9-3-8-7(4-12-9)5-15-10(8)6-1-2-6/h3-4,6,10H,1-2,5H2,(H,13,14). The molecule has 2 heterocycles. The van der Waals surface area contributed by atoms with E-state index in [1.807, 2.05) is 0 Å². The van der Waals surface area contributed by atoms with Gasteiger partial charge in [-0.2, -0.15) is 0 Å². The molecule has 4 nitrogen and oxygen atoms in total. The van der Waals surface area contributed by atoms with Crippen LogP contribution in [0.1, 0.15) is 40.6 Å². The van der Waals surface area contributed by atoms with E-state index in [0.717, 1.165) is 11.1 Å². The molecule has 0 spiro atoms. The van der Waals surface area contributed by atoms with Crippen LogP contribution in [-0.4, -0.2) is 16.1 Å². The number of carbonyl (C=O) groups is 1. The minimum Gasteiger partial charge on any atom is -0.477 e. The van der Waals surface area contributed by atoms with Crippen LogP contribution in [0.3, 0.4) is 0 Å². The second-order valence-electron chi connectivity index (χ2n) is 4.14. The number of rotatable bonds is 2.